The molecule has 1 heterocycles. The second-order valence-corrected chi connectivity index (χ2v) is 3.60. The van der Waals surface area contributed by atoms with E-state index in [-0.39, 0.29) is 0 Å². The van der Waals surface area contributed by atoms with Crippen molar-refractivity contribution in [3.63, 3.8) is 0 Å². The summed E-state index contributed by atoms with van der Waals surface area (Å²) in [6, 6.07) is 13.1. The van der Waals surface area contributed by atoms with Gasteiger partial charge in [-0.15, -0.1) is 0 Å². The van der Waals surface area contributed by atoms with E-state index in [0.29, 0.717) is 12.2 Å². The molecule has 2 rings (SSSR count). The summed E-state index contributed by atoms with van der Waals surface area (Å²) < 4.78 is 5.57. The normalized spacial score (nSPS) is 9.59. The van der Waals surface area contributed by atoms with Crippen molar-refractivity contribution in [3.05, 3.63) is 59.9 Å². The number of aromatic nitrogens is 1. The zero-order valence-corrected chi connectivity index (χ0v) is 9.34. The Morgan fingerprint density at radius 1 is 1.18 bits per heavy atom. The second-order valence-electron chi connectivity index (χ2n) is 3.60. The topological polar surface area (TPSA) is 45.9 Å². The molecule has 0 aliphatic carbocycles. The quantitative estimate of drug-likeness (QED) is 0.801. The van der Waals surface area contributed by atoms with Crippen LogP contribution in [0.4, 0.5) is 0 Å². The van der Waals surface area contributed by atoms with E-state index in [0.717, 1.165) is 17.7 Å². The minimum absolute atomic E-state index is 0.609. The molecule has 2 aromatic rings. The van der Waals surface area contributed by atoms with E-state index in [1.165, 1.54) is 0 Å². The summed E-state index contributed by atoms with van der Waals surface area (Å²) in [7, 11) is 0. The molecule has 3 nitrogen and oxygen atoms in total. The van der Waals surface area contributed by atoms with Gasteiger partial charge in [0.1, 0.15) is 5.75 Å². The molecule has 0 fully saturated rings. The van der Waals surface area contributed by atoms with Crippen LogP contribution in [-0.2, 0) is 6.42 Å². The largest absolute Gasteiger partial charge is 0.493 e. The van der Waals surface area contributed by atoms with Crippen molar-refractivity contribution in [3.8, 4) is 11.8 Å². The van der Waals surface area contributed by atoms with Gasteiger partial charge < -0.3 is 4.74 Å². The molecule has 84 valence electrons. The van der Waals surface area contributed by atoms with Gasteiger partial charge in [-0.2, -0.15) is 5.26 Å². The van der Waals surface area contributed by atoms with Crippen molar-refractivity contribution in [2.75, 3.05) is 6.61 Å². The Balaban J connectivity index is 1.84. The molecule has 17 heavy (non-hydrogen) atoms. The lowest BCUT2D eigenvalue weighted by Gasteiger charge is -2.05. The van der Waals surface area contributed by atoms with Crippen molar-refractivity contribution in [1.29, 1.82) is 5.26 Å². The van der Waals surface area contributed by atoms with Crippen LogP contribution in [-0.4, -0.2) is 11.6 Å². The van der Waals surface area contributed by atoms with Crippen LogP contribution in [0.15, 0.2) is 48.8 Å². The molecule has 3 heteroatoms. The fourth-order valence-electron chi connectivity index (χ4n) is 1.46. The van der Waals surface area contributed by atoms with E-state index in [1.807, 2.05) is 30.5 Å². The Labute approximate surface area is 100 Å². The van der Waals surface area contributed by atoms with Gasteiger partial charge >= 0.3 is 0 Å². The molecular formula is C14H12N2O. The zero-order chi connectivity index (χ0) is 11.9. The van der Waals surface area contributed by atoms with Crippen molar-refractivity contribution in [2.45, 2.75) is 6.42 Å². The summed E-state index contributed by atoms with van der Waals surface area (Å²) in [6.07, 6.45) is 4.42. The van der Waals surface area contributed by atoms with Crippen molar-refractivity contribution in [1.82, 2.24) is 4.98 Å². The minimum atomic E-state index is 0.609. The molecule has 0 saturated carbocycles. The van der Waals surface area contributed by atoms with Crippen LogP contribution in [0.3, 0.4) is 0 Å². The van der Waals surface area contributed by atoms with Gasteiger partial charge in [-0.25, -0.2) is 0 Å². The van der Waals surface area contributed by atoms with Gasteiger partial charge in [0.25, 0.3) is 0 Å². The van der Waals surface area contributed by atoms with Gasteiger partial charge in [0.15, 0.2) is 0 Å². The summed E-state index contributed by atoms with van der Waals surface area (Å²) >= 11 is 0. The first kappa shape index (κ1) is 11.2. The molecule has 1 aromatic carbocycles. The molecule has 0 aliphatic rings. The van der Waals surface area contributed by atoms with E-state index in [4.69, 9.17) is 10.00 Å². The number of benzene rings is 1. The van der Waals surface area contributed by atoms with Gasteiger partial charge in [0.05, 0.1) is 18.2 Å². The molecule has 0 saturated heterocycles. The summed E-state index contributed by atoms with van der Waals surface area (Å²) in [6.45, 7) is 0.609. The second kappa shape index (κ2) is 5.66. The third kappa shape index (κ3) is 3.32. The maximum absolute atomic E-state index is 8.66. The van der Waals surface area contributed by atoms with Crippen molar-refractivity contribution < 1.29 is 4.74 Å². The van der Waals surface area contributed by atoms with Crippen molar-refractivity contribution in [2.24, 2.45) is 0 Å². The zero-order valence-electron chi connectivity index (χ0n) is 9.34. The van der Waals surface area contributed by atoms with Crippen LogP contribution in [0.25, 0.3) is 0 Å². The number of ether oxygens (including phenoxy) is 1. The van der Waals surface area contributed by atoms with E-state index >= 15 is 0 Å². The third-order valence-corrected chi connectivity index (χ3v) is 2.37. The SMILES string of the molecule is N#Cc1ccc(OCCc2cccnc2)cc1. The molecule has 0 aliphatic heterocycles. The highest BCUT2D eigenvalue weighted by Crippen LogP contribution is 2.11. The highest BCUT2D eigenvalue weighted by Gasteiger charge is 1.96. The van der Waals surface area contributed by atoms with Crippen LogP contribution in [0, 0.1) is 11.3 Å². The monoisotopic (exact) mass is 224 g/mol. The molecule has 0 unspecified atom stereocenters. The lowest BCUT2D eigenvalue weighted by molar-refractivity contribution is 0.322. The Morgan fingerprint density at radius 2 is 2.00 bits per heavy atom. The fraction of sp³-hybridized carbons (Fsp3) is 0.143. The van der Waals surface area contributed by atoms with E-state index in [1.54, 1.807) is 18.3 Å². The van der Waals surface area contributed by atoms with Gasteiger partial charge in [0, 0.05) is 18.8 Å². The minimum Gasteiger partial charge on any atom is -0.493 e. The number of nitriles is 1. The number of hydrogen-bond acceptors (Lipinski definition) is 3. The Morgan fingerprint density at radius 3 is 2.65 bits per heavy atom. The molecular weight excluding hydrogens is 212 g/mol. The lowest BCUT2D eigenvalue weighted by Crippen LogP contribution is -2.01. The summed E-state index contributed by atoms with van der Waals surface area (Å²) in [5.74, 6) is 0.785. The highest BCUT2D eigenvalue weighted by atomic mass is 16.5. The molecule has 0 atom stereocenters. The number of nitrogens with zero attached hydrogens (tertiary/aromatic N) is 2. The van der Waals surface area contributed by atoms with Gasteiger partial charge in [-0.1, -0.05) is 6.07 Å². The predicted molar refractivity (Wildman–Crippen MR) is 64.6 cm³/mol. The Hall–Kier alpha value is -2.34. The molecule has 0 N–H and O–H groups in total. The Bertz CT molecular complexity index is 500. The average molecular weight is 224 g/mol. The smallest absolute Gasteiger partial charge is 0.119 e. The first-order chi connectivity index (χ1) is 8.38. The third-order valence-electron chi connectivity index (χ3n) is 2.37. The van der Waals surface area contributed by atoms with Crippen LogP contribution < -0.4 is 4.74 Å². The van der Waals surface area contributed by atoms with Crippen LogP contribution in [0.2, 0.25) is 0 Å². The maximum Gasteiger partial charge on any atom is 0.119 e. The average Bonchev–Trinajstić information content (AvgIpc) is 2.41. The van der Waals surface area contributed by atoms with E-state index in [9.17, 15) is 0 Å². The molecule has 0 amide bonds. The first-order valence-electron chi connectivity index (χ1n) is 5.40. The lowest BCUT2D eigenvalue weighted by atomic mass is 10.2. The van der Waals surface area contributed by atoms with Crippen LogP contribution in [0.1, 0.15) is 11.1 Å². The number of rotatable bonds is 4. The van der Waals surface area contributed by atoms with E-state index in [2.05, 4.69) is 11.1 Å². The van der Waals surface area contributed by atoms with Gasteiger partial charge in [0.2, 0.25) is 0 Å². The number of pyridine rings is 1. The number of hydrogen-bond donors (Lipinski definition) is 0. The van der Waals surface area contributed by atoms with Crippen LogP contribution in [0.5, 0.6) is 5.75 Å². The van der Waals surface area contributed by atoms with Crippen molar-refractivity contribution >= 4 is 0 Å². The van der Waals surface area contributed by atoms with E-state index < -0.39 is 0 Å². The molecule has 0 radical (unpaired) electrons. The molecule has 1 aromatic heterocycles. The highest BCUT2D eigenvalue weighted by molar-refractivity contribution is 5.34. The summed E-state index contributed by atoms with van der Waals surface area (Å²) in [4.78, 5) is 4.04. The van der Waals surface area contributed by atoms with Gasteiger partial charge in [-0.3, -0.25) is 4.98 Å². The molecule has 0 bridgehead atoms. The maximum atomic E-state index is 8.66. The van der Waals surface area contributed by atoms with Crippen LogP contribution >= 0.6 is 0 Å². The molecule has 0 spiro atoms. The fourth-order valence-corrected chi connectivity index (χ4v) is 1.46. The standard InChI is InChI=1S/C14H12N2O/c15-10-12-3-5-14(6-4-12)17-9-7-13-2-1-8-16-11-13/h1-6,8,11H,7,9H2. The Kier molecular flexibility index (Phi) is 3.72. The van der Waals surface area contributed by atoms with Gasteiger partial charge in [-0.05, 0) is 35.9 Å². The first-order valence-corrected chi connectivity index (χ1v) is 5.40. The summed E-state index contributed by atoms with van der Waals surface area (Å²) in [5, 5.41) is 8.66. The summed E-state index contributed by atoms with van der Waals surface area (Å²) in [5.41, 5.74) is 1.80. The predicted octanol–water partition coefficient (Wildman–Crippen LogP) is 2.57.